The third kappa shape index (κ3) is 3.09. The largest absolute Gasteiger partial charge is 0.336 e. The Hall–Kier alpha value is -3.04. The molecule has 0 bridgehead atoms. The molecule has 26 heavy (non-hydrogen) atoms. The van der Waals surface area contributed by atoms with Crippen LogP contribution in [0, 0.1) is 11.3 Å². The smallest absolute Gasteiger partial charge is 0.256 e. The normalized spacial score (nSPS) is 15.3. The van der Waals surface area contributed by atoms with Crippen molar-refractivity contribution in [3.05, 3.63) is 48.0 Å². The number of benzene rings is 2. The van der Waals surface area contributed by atoms with Crippen molar-refractivity contribution in [2.24, 2.45) is 0 Å². The molecule has 0 aliphatic carbocycles. The first-order valence-corrected chi connectivity index (χ1v) is 8.80. The Labute approximate surface area is 151 Å². The lowest BCUT2D eigenvalue weighted by molar-refractivity contribution is 0.0641. The van der Waals surface area contributed by atoms with Crippen LogP contribution in [0.3, 0.4) is 0 Å². The Morgan fingerprint density at radius 2 is 1.65 bits per heavy atom. The minimum absolute atomic E-state index is 0.000106. The van der Waals surface area contributed by atoms with Crippen molar-refractivity contribution >= 4 is 28.0 Å². The van der Waals surface area contributed by atoms with Crippen molar-refractivity contribution in [3.63, 3.8) is 0 Å². The monoisotopic (exact) mass is 345 g/mol. The highest BCUT2D eigenvalue weighted by Crippen LogP contribution is 2.21. The molecule has 0 spiro atoms. The number of carbonyl (C=O) groups excluding carboxylic acids is 1. The Morgan fingerprint density at radius 1 is 0.962 bits per heavy atom. The number of aromatic nitrogens is 2. The summed E-state index contributed by atoms with van der Waals surface area (Å²) in [6, 6.07) is 15.5. The molecule has 3 aromatic rings. The number of fused-ring (bicyclic) bond motifs is 2. The minimum atomic E-state index is 0.000106. The van der Waals surface area contributed by atoms with E-state index in [4.69, 9.17) is 10.2 Å². The van der Waals surface area contributed by atoms with Crippen molar-refractivity contribution in [1.29, 1.82) is 5.26 Å². The lowest BCUT2D eigenvalue weighted by Gasteiger charge is -2.34. The van der Waals surface area contributed by atoms with Gasteiger partial charge in [-0.3, -0.25) is 9.69 Å². The van der Waals surface area contributed by atoms with E-state index in [0.29, 0.717) is 30.6 Å². The van der Waals surface area contributed by atoms with Crippen LogP contribution in [0.15, 0.2) is 42.5 Å². The molecular formula is C20H19N5O. The lowest BCUT2D eigenvalue weighted by Crippen LogP contribution is -2.48. The highest BCUT2D eigenvalue weighted by atomic mass is 16.2. The zero-order chi connectivity index (χ0) is 17.9. The van der Waals surface area contributed by atoms with Crippen LogP contribution in [0.2, 0.25) is 0 Å². The molecule has 1 saturated heterocycles. The third-order valence-electron chi connectivity index (χ3n) is 4.80. The minimum Gasteiger partial charge on any atom is -0.336 e. The van der Waals surface area contributed by atoms with Gasteiger partial charge >= 0.3 is 0 Å². The van der Waals surface area contributed by atoms with E-state index in [0.717, 1.165) is 36.2 Å². The molecule has 0 saturated carbocycles. The third-order valence-corrected chi connectivity index (χ3v) is 4.80. The highest BCUT2D eigenvalue weighted by molar-refractivity contribution is 6.06. The molecule has 1 aliphatic rings. The van der Waals surface area contributed by atoms with E-state index in [1.54, 1.807) is 0 Å². The van der Waals surface area contributed by atoms with Gasteiger partial charge in [-0.15, -0.1) is 0 Å². The molecule has 0 unspecified atom stereocenters. The van der Waals surface area contributed by atoms with E-state index in [2.05, 4.69) is 16.0 Å². The Kier molecular flexibility index (Phi) is 4.46. The molecule has 1 amide bonds. The van der Waals surface area contributed by atoms with Gasteiger partial charge in [0.05, 0.1) is 28.2 Å². The number of nitrogens with zero attached hydrogens (tertiary/aromatic N) is 5. The molecule has 130 valence electrons. The van der Waals surface area contributed by atoms with E-state index in [-0.39, 0.29) is 5.91 Å². The van der Waals surface area contributed by atoms with Crippen molar-refractivity contribution in [3.8, 4) is 6.07 Å². The van der Waals surface area contributed by atoms with Crippen LogP contribution in [0.25, 0.3) is 22.1 Å². The SMILES string of the molecule is N#CCCN1CCN(C(=O)c2cccc3nc4ccccc4nc23)CC1. The summed E-state index contributed by atoms with van der Waals surface area (Å²) in [4.78, 5) is 26.5. The number of piperazine rings is 1. The summed E-state index contributed by atoms with van der Waals surface area (Å²) in [7, 11) is 0. The number of amides is 1. The topological polar surface area (TPSA) is 73.1 Å². The Morgan fingerprint density at radius 3 is 2.38 bits per heavy atom. The fourth-order valence-corrected chi connectivity index (χ4v) is 3.37. The van der Waals surface area contributed by atoms with Gasteiger partial charge in [-0.1, -0.05) is 18.2 Å². The average molecular weight is 345 g/mol. The molecule has 2 heterocycles. The van der Waals surface area contributed by atoms with E-state index >= 15 is 0 Å². The fraction of sp³-hybridized carbons (Fsp3) is 0.300. The van der Waals surface area contributed by atoms with Crippen LogP contribution in [0.4, 0.5) is 0 Å². The molecule has 2 aromatic carbocycles. The zero-order valence-electron chi connectivity index (χ0n) is 14.4. The maximum atomic E-state index is 13.1. The number of nitriles is 1. The first-order chi connectivity index (χ1) is 12.8. The van der Waals surface area contributed by atoms with Crippen molar-refractivity contribution < 1.29 is 4.79 Å². The van der Waals surface area contributed by atoms with Gasteiger partial charge in [-0.05, 0) is 24.3 Å². The number of hydrogen-bond acceptors (Lipinski definition) is 5. The predicted molar refractivity (Wildman–Crippen MR) is 99.6 cm³/mol. The summed E-state index contributed by atoms with van der Waals surface area (Å²) in [5.74, 6) is 0.000106. The second-order valence-corrected chi connectivity index (χ2v) is 6.43. The fourth-order valence-electron chi connectivity index (χ4n) is 3.37. The Balaban J connectivity index is 1.61. The standard InChI is InChI=1S/C20H19N5O/c21-9-4-10-24-11-13-25(14-12-24)20(26)15-5-3-8-18-19(15)23-17-7-2-1-6-16(17)22-18/h1-3,5-8H,4,10-14H2. The van der Waals surface area contributed by atoms with Crippen molar-refractivity contribution in [2.75, 3.05) is 32.7 Å². The summed E-state index contributed by atoms with van der Waals surface area (Å²) in [5.41, 5.74) is 3.62. The second-order valence-electron chi connectivity index (χ2n) is 6.43. The van der Waals surface area contributed by atoms with Crippen LogP contribution in [-0.2, 0) is 0 Å². The average Bonchev–Trinajstić information content (AvgIpc) is 2.70. The van der Waals surface area contributed by atoms with Gasteiger partial charge in [-0.2, -0.15) is 5.26 Å². The molecule has 4 rings (SSSR count). The quantitative estimate of drug-likeness (QED) is 0.682. The number of rotatable bonds is 3. The van der Waals surface area contributed by atoms with Crippen LogP contribution in [0.1, 0.15) is 16.8 Å². The molecule has 6 heteroatoms. The molecule has 1 fully saturated rings. The van der Waals surface area contributed by atoms with Crippen molar-refractivity contribution in [1.82, 2.24) is 19.8 Å². The second kappa shape index (κ2) is 7.06. The van der Waals surface area contributed by atoms with Gasteiger partial charge in [0.15, 0.2) is 0 Å². The summed E-state index contributed by atoms with van der Waals surface area (Å²) >= 11 is 0. The molecule has 0 atom stereocenters. The van der Waals surface area contributed by atoms with E-state index in [1.165, 1.54) is 0 Å². The van der Waals surface area contributed by atoms with Gasteiger partial charge in [0, 0.05) is 39.1 Å². The highest BCUT2D eigenvalue weighted by Gasteiger charge is 2.23. The number of hydrogen-bond donors (Lipinski definition) is 0. The van der Waals surface area contributed by atoms with Gasteiger partial charge in [0.2, 0.25) is 0 Å². The summed E-state index contributed by atoms with van der Waals surface area (Å²) in [6.45, 7) is 3.70. The van der Waals surface area contributed by atoms with Crippen LogP contribution in [-0.4, -0.2) is 58.4 Å². The van der Waals surface area contributed by atoms with Crippen molar-refractivity contribution in [2.45, 2.75) is 6.42 Å². The Bertz CT molecular complexity index is 1000. The predicted octanol–water partition coefficient (Wildman–Crippen LogP) is 2.45. The first-order valence-electron chi connectivity index (χ1n) is 8.80. The molecular weight excluding hydrogens is 326 g/mol. The van der Waals surface area contributed by atoms with Crippen LogP contribution < -0.4 is 0 Å². The number of para-hydroxylation sites is 3. The maximum Gasteiger partial charge on any atom is 0.256 e. The molecule has 1 aliphatic heterocycles. The first kappa shape index (κ1) is 16.4. The summed E-state index contributed by atoms with van der Waals surface area (Å²) in [6.07, 6.45) is 0.528. The molecule has 0 radical (unpaired) electrons. The van der Waals surface area contributed by atoms with E-state index in [1.807, 2.05) is 47.4 Å². The molecule has 0 N–H and O–H groups in total. The summed E-state index contributed by atoms with van der Waals surface area (Å²) in [5, 5.41) is 8.71. The molecule has 1 aromatic heterocycles. The zero-order valence-corrected chi connectivity index (χ0v) is 14.4. The maximum absolute atomic E-state index is 13.1. The van der Waals surface area contributed by atoms with Crippen LogP contribution >= 0.6 is 0 Å². The van der Waals surface area contributed by atoms with Gasteiger partial charge in [0.1, 0.15) is 5.52 Å². The van der Waals surface area contributed by atoms with Gasteiger partial charge in [-0.25, -0.2) is 9.97 Å². The van der Waals surface area contributed by atoms with Gasteiger partial charge < -0.3 is 4.90 Å². The molecule has 6 nitrogen and oxygen atoms in total. The van der Waals surface area contributed by atoms with Gasteiger partial charge in [0.25, 0.3) is 5.91 Å². The lowest BCUT2D eigenvalue weighted by atomic mass is 10.1. The van der Waals surface area contributed by atoms with E-state index < -0.39 is 0 Å². The van der Waals surface area contributed by atoms with E-state index in [9.17, 15) is 4.79 Å². The number of carbonyl (C=O) groups is 1. The summed E-state index contributed by atoms with van der Waals surface area (Å²) < 4.78 is 0. The van der Waals surface area contributed by atoms with Crippen LogP contribution in [0.5, 0.6) is 0 Å².